The van der Waals surface area contributed by atoms with Crippen LogP contribution in [0.2, 0.25) is 0 Å². The zero-order valence-electron chi connectivity index (χ0n) is 7.79. The molecule has 72 valence electrons. The average molecular weight is 181 g/mol. The lowest BCUT2D eigenvalue weighted by Gasteiger charge is -2.01. The van der Waals surface area contributed by atoms with Crippen LogP contribution in [0.25, 0.3) is 0 Å². The molecule has 3 N–H and O–H groups in total. The third-order valence-electron chi connectivity index (χ3n) is 2.45. The first kappa shape index (κ1) is 8.72. The van der Waals surface area contributed by atoms with E-state index in [4.69, 9.17) is 10.5 Å². The Morgan fingerprint density at radius 2 is 2.62 bits per heavy atom. The quantitative estimate of drug-likeness (QED) is 0.713. The van der Waals surface area contributed by atoms with Crippen molar-refractivity contribution in [2.45, 2.75) is 25.3 Å². The van der Waals surface area contributed by atoms with Crippen LogP contribution in [-0.4, -0.2) is 23.4 Å². The molecule has 0 radical (unpaired) electrons. The number of H-pyrrole nitrogens is 1. The molecule has 0 bridgehead atoms. The molecular formula is C9H15N3O. The second kappa shape index (κ2) is 3.47. The molecule has 2 heterocycles. The Morgan fingerprint density at radius 3 is 3.15 bits per heavy atom. The molecule has 1 aromatic heterocycles. The summed E-state index contributed by atoms with van der Waals surface area (Å²) in [6, 6.07) is 2.05. The zero-order chi connectivity index (χ0) is 9.26. The molecule has 1 aliphatic rings. The van der Waals surface area contributed by atoms with E-state index in [1.165, 1.54) is 0 Å². The Bertz CT molecular complexity index is 276. The van der Waals surface area contributed by atoms with Gasteiger partial charge in [-0.15, -0.1) is 0 Å². The molecule has 0 spiro atoms. The van der Waals surface area contributed by atoms with Crippen molar-refractivity contribution < 1.29 is 4.74 Å². The highest BCUT2D eigenvalue weighted by molar-refractivity contribution is 5.16. The van der Waals surface area contributed by atoms with Crippen molar-refractivity contribution in [2.75, 3.05) is 13.2 Å². The highest BCUT2D eigenvalue weighted by Gasteiger charge is 2.20. The smallest absolute Gasteiger partial charge is 0.0789 e. The standard InChI is InChI=1S/C9H15N3O/c1-6(10)8-4-9(12-11-8)7-2-3-13-5-7/h4,6-7H,2-3,5,10H2,1H3,(H,11,12)/t6-,7?/m0/s1. The topological polar surface area (TPSA) is 63.9 Å². The normalized spacial score (nSPS) is 24.9. The van der Waals surface area contributed by atoms with E-state index in [1.54, 1.807) is 0 Å². The molecule has 1 saturated heterocycles. The third kappa shape index (κ3) is 1.73. The van der Waals surface area contributed by atoms with Crippen molar-refractivity contribution in [3.63, 3.8) is 0 Å². The lowest BCUT2D eigenvalue weighted by atomic mass is 10.0. The Hall–Kier alpha value is -0.870. The average Bonchev–Trinajstić information content (AvgIpc) is 2.75. The predicted molar refractivity (Wildman–Crippen MR) is 49.4 cm³/mol. The number of nitrogens with zero attached hydrogens (tertiary/aromatic N) is 1. The van der Waals surface area contributed by atoms with E-state index in [2.05, 4.69) is 10.2 Å². The first-order chi connectivity index (χ1) is 6.27. The van der Waals surface area contributed by atoms with Crippen LogP contribution in [0.4, 0.5) is 0 Å². The maximum absolute atomic E-state index is 5.71. The molecular weight excluding hydrogens is 166 g/mol. The summed E-state index contributed by atoms with van der Waals surface area (Å²) in [7, 11) is 0. The predicted octanol–water partition coefficient (Wildman–Crippen LogP) is 0.933. The van der Waals surface area contributed by atoms with Crippen molar-refractivity contribution in [1.82, 2.24) is 10.2 Å². The molecule has 1 fully saturated rings. The van der Waals surface area contributed by atoms with E-state index in [0.29, 0.717) is 5.92 Å². The number of nitrogens with one attached hydrogen (secondary N) is 1. The van der Waals surface area contributed by atoms with Crippen molar-refractivity contribution in [3.05, 3.63) is 17.5 Å². The minimum atomic E-state index is 0.00678. The number of aromatic amines is 1. The maximum Gasteiger partial charge on any atom is 0.0789 e. The van der Waals surface area contributed by atoms with Gasteiger partial charge in [0, 0.05) is 24.3 Å². The summed E-state index contributed by atoms with van der Waals surface area (Å²) in [4.78, 5) is 0. The summed E-state index contributed by atoms with van der Waals surface area (Å²) in [6.07, 6.45) is 1.08. The Balaban J connectivity index is 2.12. The molecule has 1 aromatic rings. The zero-order valence-corrected chi connectivity index (χ0v) is 7.79. The van der Waals surface area contributed by atoms with Crippen LogP contribution >= 0.6 is 0 Å². The fraction of sp³-hybridized carbons (Fsp3) is 0.667. The largest absolute Gasteiger partial charge is 0.381 e. The van der Waals surface area contributed by atoms with Crippen LogP contribution in [0.5, 0.6) is 0 Å². The minimum Gasteiger partial charge on any atom is -0.381 e. The summed E-state index contributed by atoms with van der Waals surface area (Å²) in [6.45, 7) is 3.60. The summed E-state index contributed by atoms with van der Waals surface area (Å²) >= 11 is 0. The van der Waals surface area contributed by atoms with Gasteiger partial charge in [-0.2, -0.15) is 5.10 Å². The molecule has 4 heteroatoms. The highest BCUT2D eigenvalue weighted by atomic mass is 16.5. The molecule has 1 aliphatic heterocycles. The summed E-state index contributed by atoms with van der Waals surface area (Å²) in [5.74, 6) is 0.486. The molecule has 1 unspecified atom stereocenters. The maximum atomic E-state index is 5.71. The highest BCUT2D eigenvalue weighted by Crippen LogP contribution is 2.24. The summed E-state index contributed by atoms with van der Waals surface area (Å²) in [5.41, 5.74) is 7.80. The van der Waals surface area contributed by atoms with E-state index in [9.17, 15) is 0 Å². The first-order valence-corrected chi connectivity index (χ1v) is 4.66. The fourth-order valence-electron chi connectivity index (χ4n) is 1.58. The Kier molecular flexibility index (Phi) is 2.33. The number of hydrogen-bond donors (Lipinski definition) is 2. The molecule has 2 atom stereocenters. The van der Waals surface area contributed by atoms with Gasteiger partial charge in [-0.05, 0) is 19.4 Å². The van der Waals surface area contributed by atoms with Crippen LogP contribution in [0.15, 0.2) is 6.07 Å². The SMILES string of the molecule is C[C@H](N)c1cc(C2CCOC2)[nH]n1. The van der Waals surface area contributed by atoms with Gasteiger partial charge >= 0.3 is 0 Å². The van der Waals surface area contributed by atoms with Crippen molar-refractivity contribution in [3.8, 4) is 0 Å². The van der Waals surface area contributed by atoms with Crippen LogP contribution in [0.3, 0.4) is 0 Å². The van der Waals surface area contributed by atoms with Gasteiger partial charge in [0.2, 0.25) is 0 Å². The Labute approximate surface area is 77.5 Å². The molecule has 13 heavy (non-hydrogen) atoms. The van der Waals surface area contributed by atoms with Crippen molar-refractivity contribution in [1.29, 1.82) is 0 Å². The monoisotopic (exact) mass is 181 g/mol. The Morgan fingerprint density at radius 1 is 1.77 bits per heavy atom. The van der Waals surface area contributed by atoms with Gasteiger partial charge < -0.3 is 10.5 Å². The second-order valence-corrected chi connectivity index (χ2v) is 3.60. The molecule has 2 rings (SSSR count). The molecule has 4 nitrogen and oxygen atoms in total. The minimum absolute atomic E-state index is 0.00678. The molecule has 0 saturated carbocycles. The number of nitrogens with two attached hydrogens (primary N) is 1. The van der Waals surface area contributed by atoms with E-state index < -0.39 is 0 Å². The van der Waals surface area contributed by atoms with Crippen LogP contribution in [0, 0.1) is 0 Å². The third-order valence-corrected chi connectivity index (χ3v) is 2.45. The fourth-order valence-corrected chi connectivity index (χ4v) is 1.58. The summed E-state index contributed by atoms with van der Waals surface area (Å²) in [5, 5.41) is 7.17. The van der Waals surface area contributed by atoms with Gasteiger partial charge in [0.25, 0.3) is 0 Å². The van der Waals surface area contributed by atoms with E-state index in [-0.39, 0.29) is 6.04 Å². The number of rotatable bonds is 2. The lowest BCUT2D eigenvalue weighted by Crippen LogP contribution is -2.04. The van der Waals surface area contributed by atoms with E-state index >= 15 is 0 Å². The first-order valence-electron chi connectivity index (χ1n) is 4.66. The van der Waals surface area contributed by atoms with Crippen LogP contribution in [-0.2, 0) is 4.74 Å². The number of aromatic nitrogens is 2. The van der Waals surface area contributed by atoms with E-state index in [0.717, 1.165) is 31.0 Å². The van der Waals surface area contributed by atoms with Gasteiger partial charge in [-0.3, -0.25) is 5.10 Å². The second-order valence-electron chi connectivity index (χ2n) is 3.60. The van der Waals surface area contributed by atoms with Gasteiger partial charge in [-0.1, -0.05) is 0 Å². The summed E-state index contributed by atoms with van der Waals surface area (Å²) < 4.78 is 5.30. The number of ether oxygens (including phenoxy) is 1. The van der Waals surface area contributed by atoms with Crippen LogP contribution < -0.4 is 5.73 Å². The molecule has 0 aromatic carbocycles. The van der Waals surface area contributed by atoms with Crippen LogP contribution in [0.1, 0.15) is 36.7 Å². The molecule has 0 aliphatic carbocycles. The van der Waals surface area contributed by atoms with Gasteiger partial charge in [0.15, 0.2) is 0 Å². The van der Waals surface area contributed by atoms with E-state index in [1.807, 2.05) is 13.0 Å². The molecule has 0 amide bonds. The van der Waals surface area contributed by atoms with Gasteiger partial charge in [-0.25, -0.2) is 0 Å². The number of hydrogen-bond acceptors (Lipinski definition) is 3. The lowest BCUT2D eigenvalue weighted by molar-refractivity contribution is 0.193. The van der Waals surface area contributed by atoms with Crippen molar-refractivity contribution >= 4 is 0 Å². The van der Waals surface area contributed by atoms with Gasteiger partial charge in [0.1, 0.15) is 0 Å². The van der Waals surface area contributed by atoms with Gasteiger partial charge in [0.05, 0.1) is 12.3 Å². The van der Waals surface area contributed by atoms with Crippen molar-refractivity contribution in [2.24, 2.45) is 5.73 Å².